The standard InChI is InChI=1S/C30H34N6O8/c1-18(31-27(39)19(2)35-25(37)14-15-26(35)38)30(42)34-16-6-9-24(34)29(41)33-23(17-20-7-4-3-5-8-20)28(40)32-21-10-12-22(13-11-21)36(43)44/h3-5,7-8,10-13,18-19,23-24H,6,9,14-17H2,1-2H3,(H,31,39)(H,32,40)(H,33,41)/t18-,19-,23-,24-/m0/s1. The Bertz CT molecular complexity index is 1430. The third kappa shape index (κ3) is 7.43. The van der Waals surface area contributed by atoms with E-state index in [1.807, 2.05) is 6.07 Å². The number of nitrogens with zero attached hydrogens (tertiary/aromatic N) is 3. The number of hydrogen-bond acceptors (Lipinski definition) is 8. The first-order valence-corrected chi connectivity index (χ1v) is 14.3. The highest BCUT2D eigenvalue weighted by Gasteiger charge is 2.40. The smallest absolute Gasteiger partial charge is 0.269 e. The number of benzene rings is 2. The predicted octanol–water partition coefficient (Wildman–Crippen LogP) is 1.29. The highest BCUT2D eigenvalue weighted by atomic mass is 16.6. The topological polar surface area (TPSA) is 188 Å². The number of nitro benzene ring substituents is 1. The van der Waals surface area contributed by atoms with Crippen LogP contribution in [0.3, 0.4) is 0 Å². The Morgan fingerprint density at radius 1 is 0.932 bits per heavy atom. The number of non-ortho nitro benzene ring substituents is 1. The van der Waals surface area contributed by atoms with Crippen molar-refractivity contribution in [2.24, 2.45) is 0 Å². The number of rotatable bonds is 11. The van der Waals surface area contributed by atoms with Gasteiger partial charge < -0.3 is 20.9 Å². The third-order valence-corrected chi connectivity index (χ3v) is 7.69. The molecule has 2 saturated heterocycles. The van der Waals surface area contributed by atoms with Crippen molar-refractivity contribution in [1.29, 1.82) is 0 Å². The van der Waals surface area contributed by atoms with Crippen LogP contribution < -0.4 is 16.0 Å². The Balaban J connectivity index is 1.43. The summed E-state index contributed by atoms with van der Waals surface area (Å²) in [7, 11) is 0. The van der Waals surface area contributed by atoms with Crippen molar-refractivity contribution in [2.45, 2.75) is 70.1 Å². The van der Waals surface area contributed by atoms with E-state index in [4.69, 9.17) is 0 Å². The Hall–Kier alpha value is -5.14. The first kappa shape index (κ1) is 31.8. The average molecular weight is 607 g/mol. The molecule has 2 fully saturated rings. The zero-order valence-electron chi connectivity index (χ0n) is 24.4. The second kappa shape index (κ2) is 13.9. The van der Waals surface area contributed by atoms with Gasteiger partial charge >= 0.3 is 0 Å². The summed E-state index contributed by atoms with van der Waals surface area (Å²) in [5.74, 6) is -3.17. The van der Waals surface area contributed by atoms with Crippen molar-refractivity contribution in [3.05, 3.63) is 70.3 Å². The van der Waals surface area contributed by atoms with Crippen molar-refractivity contribution in [3.63, 3.8) is 0 Å². The van der Waals surface area contributed by atoms with Crippen molar-refractivity contribution in [1.82, 2.24) is 20.4 Å². The number of carbonyl (C=O) groups is 6. The molecule has 14 nitrogen and oxygen atoms in total. The first-order valence-electron chi connectivity index (χ1n) is 14.3. The number of hydrogen-bond donors (Lipinski definition) is 3. The van der Waals surface area contributed by atoms with E-state index in [1.54, 1.807) is 24.3 Å². The molecule has 0 unspecified atom stereocenters. The van der Waals surface area contributed by atoms with Crippen molar-refractivity contribution >= 4 is 46.8 Å². The van der Waals surface area contributed by atoms with E-state index in [9.17, 15) is 38.9 Å². The van der Waals surface area contributed by atoms with Gasteiger partial charge in [0, 0.05) is 43.6 Å². The van der Waals surface area contributed by atoms with Crippen LogP contribution in [0, 0.1) is 10.1 Å². The second-order valence-corrected chi connectivity index (χ2v) is 10.8. The van der Waals surface area contributed by atoms with E-state index in [1.165, 1.54) is 43.0 Å². The van der Waals surface area contributed by atoms with Crippen LogP contribution in [0.2, 0.25) is 0 Å². The van der Waals surface area contributed by atoms with Crippen LogP contribution in [-0.4, -0.2) is 80.9 Å². The van der Waals surface area contributed by atoms with Gasteiger partial charge in [0.25, 0.3) is 5.69 Å². The van der Waals surface area contributed by atoms with Gasteiger partial charge in [-0.3, -0.25) is 43.8 Å². The number of nitrogens with one attached hydrogen (secondary N) is 3. The fourth-order valence-corrected chi connectivity index (χ4v) is 5.31. The SMILES string of the molecule is C[C@H](NC(=O)[C@H](C)N1C(=O)CCC1=O)C(=O)N1CCC[C@H]1C(=O)N[C@@H](Cc1ccccc1)C(=O)Nc1ccc([N+](=O)[O-])cc1. The minimum Gasteiger partial charge on any atom is -0.343 e. The monoisotopic (exact) mass is 606 g/mol. The summed E-state index contributed by atoms with van der Waals surface area (Å²) in [5.41, 5.74) is 0.944. The molecule has 3 N–H and O–H groups in total. The lowest BCUT2D eigenvalue weighted by Gasteiger charge is -2.29. The van der Waals surface area contributed by atoms with Gasteiger partial charge in [0.2, 0.25) is 35.4 Å². The maximum absolute atomic E-state index is 13.5. The van der Waals surface area contributed by atoms with Crippen molar-refractivity contribution in [3.8, 4) is 0 Å². The second-order valence-electron chi connectivity index (χ2n) is 10.8. The molecule has 4 rings (SSSR count). The fraction of sp³-hybridized carbons (Fsp3) is 0.400. The molecular weight excluding hydrogens is 572 g/mol. The summed E-state index contributed by atoms with van der Waals surface area (Å²) < 4.78 is 0. The van der Waals surface area contributed by atoms with Crippen molar-refractivity contribution in [2.75, 3.05) is 11.9 Å². The number of anilines is 1. The minimum absolute atomic E-state index is 0.0344. The van der Waals surface area contributed by atoms with Crippen LogP contribution in [0.5, 0.6) is 0 Å². The molecule has 0 aromatic heterocycles. The lowest BCUT2D eigenvalue weighted by atomic mass is 10.0. The van der Waals surface area contributed by atoms with E-state index in [0.717, 1.165) is 10.5 Å². The van der Waals surface area contributed by atoms with E-state index in [0.29, 0.717) is 18.5 Å². The minimum atomic E-state index is -1.08. The van der Waals surface area contributed by atoms with Gasteiger partial charge in [0.05, 0.1) is 4.92 Å². The van der Waals surface area contributed by atoms with E-state index in [2.05, 4.69) is 16.0 Å². The van der Waals surface area contributed by atoms with Crippen LogP contribution in [-0.2, 0) is 35.2 Å². The number of imide groups is 1. The maximum atomic E-state index is 13.5. The molecule has 2 aliphatic rings. The molecule has 0 aliphatic carbocycles. The number of carbonyl (C=O) groups excluding carboxylic acids is 6. The molecule has 0 radical (unpaired) electrons. The van der Waals surface area contributed by atoms with Gasteiger partial charge in [0.1, 0.15) is 24.2 Å². The molecule has 0 saturated carbocycles. The molecule has 0 bridgehead atoms. The van der Waals surface area contributed by atoms with Crippen LogP contribution in [0.1, 0.15) is 45.1 Å². The molecule has 2 aromatic carbocycles. The van der Waals surface area contributed by atoms with Crippen LogP contribution >= 0.6 is 0 Å². The van der Waals surface area contributed by atoms with Gasteiger partial charge in [0.15, 0.2) is 0 Å². The van der Waals surface area contributed by atoms with Gasteiger partial charge in [-0.1, -0.05) is 30.3 Å². The zero-order chi connectivity index (χ0) is 32.0. The molecule has 4 atom stereocenters. The molecule has 6 amide bonds. The van der Waals surface area contributed by atoms with Gasteiger partial charge in [-0.25, -0.2) is 0 Å². The average Bonchev–Trinajstić information content (AvgIpc) is 3.63. The number of nitro groups is 1. The molecule has 44 heavy (non-hydrogen) atoms. The Kier molecular flexibility index (Phi) is 10.0. The van der Waals surface area contributed by atoms with Gasteiger partial charge in [-0.15, -0.1) is 0 Å². The van der Waals surface area contributed by atoms with Gasteiger partial charge in [-0.2, -0.15) is 0 Å². The molecule has 2 heterocycles. The predicted molar refractivity (Wildman–Crippen MR) is 157 cm³/mol. The lowest BCUT2D eigenvalue weighted by molar-refractivity contribution is -0.384. The highest BCUT2D eigenvalue weighted by Crippen LogP contribution is 2.21. The van der Waals surface area contributed by atoms with E-state index >= 15 is 0 Å². The Morgan fingerprint density at radius 2 is 1.57 bits per heavy atom. The summed E-state index contributed by atoms with van der Waals surface area (Å²) in [4.78, 5) is 89.6. The number of amides is 6. The summed E-state index contributed by atoms with van der Waals surface area (Å²) >= 11 is 0. The van der Waals surface area contributed by atoms with Crippen LogP contribution in [0.4, 0.5) is 11.4 Å². The molecule has 14 heteroatoms. The largest absolute Gasteiger partial charge is 0.343 e. The quantitative estimate of drug-likeness (QED) is 0.194. The van der Waals surface area contributed by atoms with E-state index < -0.39 is 64.5 Å². The zero-order valence-corrected chi connectivity index (χ0v) is 24.4. The first-order chi connectivity index (χ1) is 21.0. The van der Waals surface area contributed by atoms with Crippen LogP contribution in [0.25, 0.3) is 0 Å². The molecule has 232 valence electrons. The maximum Gasteiger partial charge on any atom is 0.269 e. The van der Waals surface area contributed by atoms with E-state index in [-0.39, 0.29) is 31.5 Å². The highest BCUT2D eigenvalue weighted by molar-refractivity contribution is 6.06. The third-order valence-electron chi connectivity index (χ3n) is 7.69. The summed E-state index contributed by atoms with van der Waals surface area (Å²) in [6, 6.07) is 10.2. The summed E-state index contributed by atoms with van der Waals surface area (Å²) in [5, 5.41) is 19.0. The van der Waals surface area contributed by atoms with Crippen LogP contribution in [0.15, 0.2) is 54.6 Å². The molecular formula is C30H34N6O8. The molecule has 2 aromatic rings. The summed E-state index contributed by atoms with van der Waals surface area (Å²) in [6.45, 7) is 3.13. The lowest BCUT2D eigenvalue weighted by Crippen LogP contribution is -2.57. The Labute approximate surface area is 253 Å². The molecule has 2 aliphatic heterocycles. The number of likely N-dealkylation sites (tertiary alicyclic amines) is 2. The Morgan fingerprint density at radius 3 is 2.18 bits per heavy atom. The fourth-order valence-electron chi connectivity index (χ4n) is 5.31. The van der Waals surface area contributed by atoms with Gasteiger partial charge in [-0.05, 0) is 44.4 Å². The summed E-state index contributed by atoms with van der Waals surface area (Å²) in [6.07, 6.45) is 1.08. The normalized spacial score (nSPS) is 18.4. The van der Waals surface area contributed by atoms with Crippen molar-refractivity contribution < 1.29 is 33.7 Å². The molecule has 0 spiro atoms.